The Morgan fingerprint density at radius 2 is 2.03 bits per heavy atom. The number of fused-ring (bicyclic) bond motifs is 2. The number of aliphatic hydroxyl groups excluding tert-OH is 1. The third kappa shape index (κ3) is 5.35. The van der Waals surface area contributed by atoms with E-state index >= 15 is 0 Å². The second kappa shape index (κ2) is 10.6. The summed E-state index contributed by atoms with van der Waals surface area (Å²) in [4.78, 5) is 21.9. The number of methoxy groups -OCH3 is 1. The second-order valence-electron chi connectivity index (χ2n) is 9.81. The highest BCUT2D eigenvalue weighted by molar-refractivity contribution is 7.15. The van der Waals surface area contributed by atoms with Gasteiger partial charge < -0.3 is 20.1 Å². The van der Waals surface area contributed by atoms with Crippen LogP contribution in [0.3, 0.4) is 0 Å². The molecular weight excluding hydrogens is 464 g/mol. The van der Waals surface area contributed by atoms with Crippen LogP contribution >= 0.6 is 11.3 Å². The number of ether oxygens (including phenoxy) is 1. The first-order chi connectivity index (χ1) is 17.1. The standard InChI is InChI=1S/C24H34N8O2S/c1-30(23-27-21(10-22(29-23)34-2)28-24-26-12-20(15-33)35-24)19-8-17-4-3-5-18(9-19)32(17)7-6-31-13-16(11-25)14-31/h10,12,16-19,33H,3-9,13-15H2,1-2H3,(H,26,27,28,29)/t17-,18+,19?. The fourth-order valence-electron chi connectivity index (χ4n) is 5.67. The van der Waals surface area contributed by atoms with E-state index in [-0.39, 0.29) is 12.5 Å². The number of aliphatic hydroxyl groups is 1. The molecule has 188 valence electrons. The maximum absolute atomic E-state index is 9.32. The fraction of sp³-hybridized carbons (Fsp3) is 0.667. The van der Waals surface area contributed by atoms with E-state index in [9.17, 15) is 5.11 Å². The highest BCUT2D eigenvalue weighted by Gasteiger charge is 2.40. The Kier molecular flexibility index (Phi) is 7.34. The van der Waals surface area contributed by atoms with Crippen LogP contribution < -0.4 is 15.0 Å². The first kappa shape index (κ1) is 24.2. The molecule has 3 fully saturated rings. The summed E-state index contributed by atoms with van der Waals surface area (Å²) >= 11 is 1.40. The van der Waals surface area contributed by atoms with Gasteiger partial charge in [-0.3, -0.25) is 9.80 Å². The third-order valence-corrected chi connectivity index (χ3v) is 8.52. The molecule has 3 saturated heterocycles. The van der Waals surface area contributed by atoms with Crippen LogP contribution in [0, 0.1) is 17.2 Å². The molecule has 2 aromatic rings. The summed E-state index contributed by atoms with van der Waals surface area (Å²) in [5.74, 6) is 2.00. The van der Waals surface area contributed by atoms with Gasteiger partial charge in [-0.2, -0.15) is 15.2 Å². The summed E-state index contributed by atoms with van der Waals surface area (Å²) < 4.78 is 5.47. The largest absolute Gasteiger partial charge is 0.481 e. The average molecular weight is 499 g/mol. The molecule has 2 aromatic heterocycles. The summed E-state index contributed by atoms with van der Waals surface area (Å²) in [7, 11) is 3.70. The molecule has 0 saturated carbocycles. The van der Waals surface area contributed by atoms with Crippen molar-refractivity contribution in [3.63, 3.8) is 0 Å². The van der Waals surface area contributed by atoms with E-state index in [1.54, 1.807) is 19.4 Å². The van der Waals surface area contributed by atoms with Gasteiger partial charge in [0.2, 0.25) is 11.8 Å². The number of nitriles is 1. The first-order valence-corrected chi connectivity index (χ1v) is 13.2. The quantitative estimate of drug-likeness (QED) is 0.534. The monoisotopic (exact) mass is 498 g/mol. The highest BCUT2D eigenvalue weighted by atomic mass is 32.1. The number of nitrogens with one attached hydrogen (secondary N) is 1. The molecule has 35 heavy (non-hydrogen) atoms. The minimum Gasteiger partial charge on any atom is -0.481 e. The van der Waals surface area contributed by atoms with Crippen LogP contribution in [0.25, 0.3) is 0 Å². The minimum atomic E-state index is -0.0279. The minimum absolute atomic E-state index is 0.0279. The van der Waals surface area contributed by atoms with Crippen LogP contribution in [0.2, 0.25) is 0 Å². The maximum atomic E-state index is 9.32. The van der Waals surface area contributed by atoms with Gasteiger partial charge in [-0.1, -0.05) is 17.8 Å². The molecule has 2 N–H and O–H groups in total. The van der Waals surface area contributed by atoms with Gasteiger partial charge in [0.25, 0.3) is 0 Å². The van der Waals surface area contributed by atoms with Gasteiger partial charge in [0.15, 0.2) is 5.13 Å². The summed E-state index contributed by atoms with van der Waals surface area (Å²) in [6.07, 6.45) is 7.65. The Morgan fingerprint density at radius 1 is 1.26 bits per heavy atom. The van der Waals surface area contributed by atoms with E-state index in [0.29, 0.717) is 40.9 Å². The summed E-state index contributed by atoms with van der Waals surface area (Å²) in [5, 5.41) is 22.3. The van der Waals surface area contributed by atoms with Gasteiger partial charge >= 0.3 is 0 Å². The lowest BCUT2D eigenvalue weighted by Crippen LogP contribution is -2.59. The van der Waals surface area contributed by atoms with E-state index < -0.39 is 0 Å². The molecule has 11 heteroatoms. The van der Waals surface area contributed by atoms with Crippen molar-refractivity contribution < 1.29 is 9.84 Å². The van der Waals surface area contributed by atoms with Gasteiger partial charge in [0.05, 0.1) is 30.6 Å². The Balaban J connectivity index is 1.25. The number of nitrogens with zero attached hydrogens (tertiary/aromatic N) is 7. The average Bonchev–Trinajstić information content (AvgIpc) is 3.29. The lowest BCUT2D eigenvalue weighted by molar-refractivity contribution is 0.0127. The van der Waals surface area contributed by atoms with E-state index in [4.69, 9.17) is 15.0 Å². The second-order valence-corrected chi connectivity index (χ2v) is 10.9. The Bertz CT molecular complexity index is 1040. The number of anilines is 3. The van der Waals surface area contributed by atoms with Gasteiger partial charge in [0.1, 0.15) is 5.82 Å². The highest BCUT2D eigenvalue weighted by Crippen LogP contribution is 2.37. The fourth-order valence-corrected chi connectivity index (χ4v) is 6.35. The number of likely N-dealkylation sites (tertiary alicyclic amines) is 1. The maximum Gasteiger partial charge on any atom is 0.230 e. The molecule has 1 unspecified atom stereocenters. The Hall–Kier alpha value is -2.52. The summed E-state index contributed by atoms with van der Waals surface area (Å²) in [5.41, 5.74) is 0. The predicted octanol–water partition coefficient (Wildman–Crippen LogP) is 2.45. The summed E-state index contributed by atoms with van der Waals surface area (Å²) in [6.45, 7) is 3.99. The van der Waals surface area contributed by atoms with Crippen molar-refractivity contribution in [2.24, 2.45) is 5.92 Å². The van der Waals surface area contributed by atoms with Crippen molar-refractivity contribution in [3.8, 4) is 11.9 Å². The number of thiazole rings is 1. The number of rotatable bonds is 9. The lowest BCUT2D eigenvalue weighted by Gasteiger charge is -2.51. The molecule has 0 spiro atoms. The van der Waals surface area contributed by atoms with E-state index in [1.807, 2.05) is 0 Å². The molecule has 3 aliphatic rings. The Morgan fingerprint density at radius 3 is 2.69 bits per heavy atom. The molecular formula is C24H34N8O2S. The topological polar surface area (TPSA) is 114 Å². The number of aromatic nitrogens is 3. The number of hydrogen-bond acceptors (Lipinski definition) is 11. The zero-order chi connectivity index (χ0) is 24.4. The molecule has 5 rings (SSSR count). The number of hydrogen-bond donors (Lipinski definition) is 2. The van der Waals surface area contributed by atoms with Crippen molar-refractivity contribution >= 4 is 28.2 Å². The molecule has 0 aliphatic carbocycles. The van der Waals surface area contributed by atoms with Crippen molar-refractivity contribution in [1.82, 2.24) is 24.8 Å². The van der Waals surface area contributed by atoms with Crippen LogP contribution in [-0.4, -0.2) is 88.3 Å². The van der Waals surface area contributed by atoms with Crippen LogP contribution in [0.5, 0.6) is 5.88 Å². The van der Waals surface area contributed by atoms with Gasteiger partial charge in [-0.15, -0.1) is 0 Å². The summed E-state index contributed by atoms with van der Waals surface area (Å²) in [6, 6.07) is 5.67. The zero-order valence-corrected chi connectivity index (χ0v) is 21.2. The van der Waals surface area contributed by atoms with Gasteiger partial charge in [-0.05, 0) is 25.7 Å². The SMILES string of the molecule is COc1cc(Nc2ncc(CO)s2)nc(N(C)C2C[C@H]3CCC[C@@H](C2)N3CCN2CC(C#N)C2)n1. The van der Waals surface area contributed by atoms with Crippen molar-refractivity contribution in [3.05, 3.63) is 17.1 Å². The van der Waals surface area contributed by atoms with Crippen molar-refractivity contribution in [1.29, 1.82) is 5.26 Å². The molecule has 3 aliphatic heterocycles. The van der Waals surface area contributed by atoms with Crippen LogP contribution in [0.4, 0.5) is 16.9 Å². The molecule has 5 heterocycles. The first-order valence-electron chi connectivity index (χ1n) is 12.4. The molecule has 0 aromatic carbocycles. The van der Waals surface area contributed by atoms with E-state index in [0.717, 1.165) is 43.9 Å². The van der Waals surface area contributed by atoms with Crippen molar-refractivity contribution in [2.45, 2.75) is 56.8 Å². The molecule has 2 bridgehead atoms. The molecule has 3 atom stereocenters. The lowest BCUT2D eigenvalue weighted by atomic mass is 9.81. The predicted molar refractivity (Wildman–Crippen MR) is 135 cm³/mol. The number of piperidine rings is 2. The van der Waals surface area contributed by atoms with E-state index in [1.165, 1.54) is 30.6 Å². The zero-order valence-electron chi connectivity index (χ0n) is 20.4. The van der Waals surface area contributed by atoms with E-state index in [2.05, 4.69) is 43.1 Å². The van der Waals surface area contributed by atoms with Gasteiger partial charge in [0, 0.05) is 63.6 Å². The smallest absolute Gasteiger partial charge is 0.230 e. The molecule has 0 amide bonds. The normalized spacial score (nSPS) is 25.0. The third-order valence-electron chi connectivity index (χ3n) is 7.62. The molecule has 0 radical (unpaired) electrons. The van der Waals surface area contributed by atoms with Crippen molar-refractivity contribution in [2.75, 3.05) is 50.6 Å². The van der Waals surface area contributed by atoms with Crippen LogP contribution in [0.1, 0.15) is 37.0 Å². The van der Waals surface area contributed by atoms with Crippen LogP contribution in [-0.2, 0) is 6.61 Å². The Labute approximate surface area is 210 Å². The molecule has 10 nitrogen and oxygen atoms in total. The van der Waals surface area contributed by atoms with Crippen LogP contribution in [0.15, 0.2) is 12.3 Å². The van der Waals surface area contributed by atoms with Gasteiger partial charge in [-0.25, -0.2) is 4.98 Å².